The molecule has 0 bridgehead atoms. The van der Waals surface area contributed by atoms with Gasteiger partial charge in [0, 0.05) is 6.54 Å². The predicted octanol–water partition coefficient (Wildman–Crippen LogP) is 2.14. The summed E-state index contributed by atoms with van der Waals surface area (Å²) in [6.45, 7) is 6.58. The summed E-state index contributed by atoms with van der Waals surface area (Å²) >= 11 is 0. The van der Waals surface area contributed by atoms with Crippen LogP contribution in [-0.4, -0.2) is 21.3 Å². The molecule has 4 heteroatoms. The molecule has 1 aliphatic heterocycles. The highest BCUT2D eigenvalue weighted by atomic mass is 15.3. The highest BCUT2D eigenvalue weighted by Crippen LogP contribution is 2.21. The van der Waals surface area contributed by atoms with Crippen LogP contribution in [0.25, 0.3) is 0 Å². The Labute approximate surface area is 97.5 Å². The van der Waals surface area contributed by atoms with Gasteiger partial charge in [-0.15, -0.1) is 10.2 Å². The molecule has 1 aromatic rings. The predicted molar refractivity (Wildman–Crippen MR) is 64.1 cm³/mol. The topological polar surface area (TPSA) is 42.7 Å². The molecule has 1 unspecified atom stereocenters. The van der Waals surface area contributed by atoms with Gasteiger partial charge >= 0.3 is 0 Å². The molecular formula is C12H22N4. The maximum Gasteiger partial charge on any atom is 0.149 e. The minimum Gasteiger partial charge on any atom is -0.316 e. The molecule has 1 N–H and O–H groups in total. The molecule has 4 nitrogen and oxygen atoms in total. The van der Waals surface area contributed by atoms with E-state index in [2.05, 4.69) is 33.9 Å². The number of nitrogens with zero attached hydrogens (tertiary/aromatic N) is 3. The van der Waals surface area contributed by atoms with Crippen molar-refractivity contribution in [3.63, 3.8) is 0 Å². The van der Waals surface area contributed by atoms with Gasteiger partial charge in [-0.2, -0.15) is 0 Å². The average Bonchev–Trinajstić information content (AvgIpc) is 2.53. The van der Waals surface area contributed by atoms with E-state index in [9.17, 15) is 0 Å². The van der Waals surface area contributed by atoms with Crippen molar-refractivity contribution in [3.05, 3.63) is 12.2 Å². The van der Waals surface area contributed by atoms with Gasteiger partial charge < -0.3 is 9.88 Å². The molecule has 16 heavy (non-hydrogen) atoms. The quantitative estimate of drug-likeness (QED) is 0.852. The van der Waals surface area contributed by atoms with Crippen LogP contribution < -0.4 is 5.32 Å². The molecule has 1 aromatic heterocycles. The number of nitrogens with one attached hydrogen (secondary N) is 1. The van der Waals surface area contributed by atoms with Crippen LogP contribution in [0, 0.1) is 5.92 Å². The third-order valence-electron chi connectivity index (χ3n) is 3.08. The van der Waals surface area contributed by atoms with Crippen LogP contribution in [0.2, 0.25) is 0 Å². The Bertz CT molecular complexity index is 311. The highest BCUT2D eigenvalue weighted by molar-refractivity contribution is 4.96. The van der Waals surface area contributed by atoms with Crippen molar-refractivity contribution in [1.82, 2.24) is 20.1 Å². The van der Waals surface area contributed by atoms with Gasteiger partial charge in [0.05, 0.1) is 6.04 Å². The second-order valence-electron chi connectivity index (χ2n) is 5.09. The van der Waals surface area contributed by atoms with Crippen molar-refractivity contribution in [3.8, 4) is 0 Å². The fraction of sp³-hybridized carbons (Fsp3) is 0.833. The van der Waals surface area contributed by atoms with E-state index in [0.29, 0.717) is 12.0 Å². The van der Waals surface area contributed by atoms with Gasteiger partial charge in [-0.1, -0.05) is 26.7 Å². The standard InChI is InChI=1S/C12H22N4/c1-10(2)8-16-9-14-15-12(16)11-6-4-3-5-7-13-11/h9-11,13H,3-8H2,1-2H3. The molecule has 0 aromatic carbocycles. The maximum absolute atomic E-state index is 4.29. The summed E-state index contributed by atoms with van der Waals surface area (Å²) in [6, 6.07) is 0.406. The maximum atomic E-state index is 4.29. The monoisotopic (exact) mass is 222 g/mol. The molecule has 0 aliphatic carbocycles. The second kappa shape index (κ2) is 5.43. The van der Waals surface area contributed by atoms with E-state index in [0.717, 1.165) is 18.9 Å². The normalized spacial score (nSPS) is 22.3. The Hall–Kier alpha value is -0.900. The molecule has 2 rings (SSSR count). The zero-order chi connectivity index (χ0) is 11.4. The van der Waals surface area contributed by atoms with Crippen molar-refractivity contribution < 1.29 is 0 Å². The van der Waals surface area contributed by atoms with Crippen LogP contribution in [0.3, 0.4) is 0 Å². The smallest absolute Gasteiger partial charge is 0.149 e. The van der Waals surface area contributed by atoms with Gasteiger partial charge in [0.25, 0.3) is 0 Å². The molecule has 90 valence electrons. The molecule has 1 atom stereocenters. The zero-order valence-electron chi connectivity index (χ0n) is 10.3. The first kappa shape index (κ1) is 11.6. The summed E-state index contributed by atoms with van der Waals surface area (Å²) in [5.41, 5.74) is 0. The molecule has 0 spiro atoms. The van der Waals surface area contributed by atoms with Gasteiger partial charge in [0.2, 0.25) is 0 Å². The fourth-order valence-electron chi connectivity index (χ4n) is 2.32. The molecule has 0 amide bonds. The summed E-state index contributed by atoms with van der Waals surface area (Å²) in [5.74, 6) is 1.76. The fourth-order valence-corrected chi connectivity index (χ4v) is 2.32. The van der Waals surface area contributed by atoms with E-state index >= 15 is 0 Å². The summed E-state index contributed by atoms with van der Waals surface area (Å²) < 4.78 is 2.20. The lowest BCUT2D eigenvalue weighted by Crippen LogP contribution is -2.24. The van der Waals surface area contributed by atoms with E-state index in [1.807, 2.05) is 6.33 Å². The lowest BCUT2D eigenvalue weighted by atomic mass is 10.1. The molecule has 1 aliphatic rings. The van der Waals surface area contributed by atoms with Crippen molar-refractivity contribution in [2.45, 2.75) is 52.1 Å². The first-order valence-electron chi connectivity index (χ1n) is 6.38. The highest BCUT2D eigenvalue weighted by Gasteiger charge is 2.19. The third-order valence-corrected chi connectivity index (χ3v) is 3.08. The van der Waals surface area contributed by atoms with Crippen LogP contribution in [0.5, 0.6) is 0 Å². The van der Waals surface area contributed by atoms with Gasteiger partial charge in [-0.3, -0.25) is 0 Å². The van der Waals surface area contributed by atoms with Crippen molar-refractivity contribution in [2.24, 2.45) is 5.92 Å². The zero-order valence-corrected chi connectivity index (χ0v) is 10.3. The SMILES string of the molecule is CC(C)Cn1cnnc1C1CCCCCN1. The molecule has 1 saturated heterocycles. The Morgan fingerprint density at radius 2 is 2.31 bits per heavy atom. The lowest BCUT2D eigenvalue weighted by molar-refractivity contribution is 0.445. The summed E-state index contributed by atoms with van der Waals surface area (Å²) in [5, 5.41) is 11.9. The van der Waals surface area contributed by atoms with Crippen LogP contribution in [0.1, 0.15) is 51.4 Å². The van der Waals surface area contributed by atoms with Gasteiger partial charge in [0.1, 0.15) is 12.2 Å². The molecule has 0 saturated carbocycles. The van der Waals surface area contributed by atoms with Crippen molar-refractivity contribution in [2.75, 3.05) is 6.54 Å². The first-order chi connectivity index (χ1) is 7.77. The van der Waals surface area contributed by atoms with E-state index in [1.54, 1.807) is 0 Å². The molecule has 1 fully saturated rings. The van der Waals surface area contributed by atoms with Crippen LogP contribution in [-0.2, 0) is 6.54 Å². The van der Waals surface area contributed by atoms with E-state index < -0.39 is 0 Å². The average molecular weight is 222 g/mol. The minimum absolute atomic E-state index is 0.406. The van der Waals surface area contributed by atoms with Gasteiger partial charge in [-0.05, 0) is 25.3 Å². The van der Waals surface area contributed by atoms with Crippen molar-refractivity contribution in [1.29, 1.82) is 0 Å². The third kappa shape index (κ3) is 2.82. The molecule has 0 radical (unpaired) electrons. The Balaban J connectivity index is 2.09. The van der Waals surface area contributed by atoms with Gasteiger partial charge in [-0.25, -0.2) is 0 Å². The van der Waals surface area contributed by atoms with Crippen LogP contribution in [0.4, 0.5) is 0 Å². The van der Waals surface area contributed by atoms with E-state index in [-0.39, 0.29) is 0 Å². The largest absolute Gasteiger partial charge is 0.316 e. The molecular weight excluding hydrogens is 200 g/mol. The lowest BCUT2D eigenvalue weighted by Gasteiger charge is -2.17. The van der Waals surface area contributed by atoms with Crippen LogP contribution in [0.15, 0.2) is 6.33 Å². The van der Waals surface area contributed by atoms with Crippen LogP contribution >= 0.6 is 0 Å². The van der Waals surface area contributed by atoms with E-state index in [1.165, 1.54) is 25.7 Å². The molecule has 2 heterocycles. The minimum atomic E-state index is 0.406. The second-order valence-corrected chi connectivity index (χ2v) is 5.09. The summed E-state index contributed by atoms with van der Waals surface area (Å²) in [4.78, 5) is 0. The Kier molecular flexibility index (Phi) is 3.93. The van der Waals surface area contributed by atoms with E-state index in [4.69, 9.17) is 0 Å². The Morgan fingerprint density at radius 1 is 1.44 bits per heavy atom. The number of rotatable bonds is 3. The number of aromatic nitrogens is 3. The first-order valence-corrected chi connectivity index (χ1v) is 6.38. The van der Waals surface area contributed by atoms with Gasteiger partial charge in [0.15, 0.2) is 0 Å². The number of hydrogen-bond donors (Lipinski definition) is 1. The Morgan fingerprint density at radius 3 is 3.12 bits per heavy atom. The van der Waals surface area contributed by atoms with Crippen molar-refractivity contribution >= 4 is 0 Å². The number of hydrogen-bond acceptors (Lipinski definition) is 3. The summed E-state index contributed by atoms with van der Waals surface area (Å²) in [7, 11) is 0. The summed E-state index contributed by atoms with van der Waals surface area (Å²) in [6.07, 6.45) is 6.97.